The Bertz CT molecular complexity index is 1140. The lowest BCUT2D eigenvalue weighted by Crippen LogP contribution is -2.15. The van der Waals surface area contributed by atoms with E-state index in [4.69, 9.17) is 17.3 Å². The number of carbonyl (C=O) groups is 1. The molecule has 3 N–H and O–H groups in total. The van der Waals surface area contributed by atoms with Gasteiger partial charge < -0.3 is 15.4 Å². The second-order valence-corrected chi connectivity index (χ2v) is 7.90. The quantitative estimate of drug-likeness (QED) is 0.468. The number of thiophene rings is 1. The molecule has 1 unspecified atom stereocenters. The number of imidazole rings is 1. The molecule has 0 aliphatic rings. The molecule has 4 rings (SSSR count). The van der Waals surface area contributed by atoms with Gasteiger partial charge in [0, 0.05) is 22.7 Å². The number of nitrogens with zero attached hydrogens (tertiary/aromatic N) is 4. The van der Waals surface area contributed by atoms with Gasteiger partial charge in [0.25, 0.3) is 0 Å². The average molecular weight is 414 g/mol. The number of rotatable bonds is 6. The number of aliphatic carboxylic acids is 1. The van der Waals surface area contributed by atoms with Crippen LogP contribution in [-0.2, 0) is 17.8 Å². The maximum atomic E-state index is 11.8. The molecule has 0 aromatic carbocycles. The van der Waals surface area contributed by atoms with Gasteiger partial charge in [-0.15, -0.1) is 11.3 Å². The number of fused-ring (bicyclic) bond motifs is 1. The van der Waals surface area contributed by atoms with Crippen molar-refractivity contribution in [1.82, 2.24) is 19.5 Å². The Labute approximate surface area is 169 Å². The van der Waals surface area contributed by atoms with E-state index in [2.05, 4.69) is 21.0 Å². The van der Waals surface area contributed by atoms with Gasteiger partial charge in [-0.2, -0.15) is 0 Å². The second kappa shape index (κ2) is 7.57. The van der Waals surface area contributed by atoms with Crippen LogP contribution in [0.1, 0.15) is 22.1 Å². The third kappa shape index (κ3) is 3.97. The van der Waals surface area contributed by atoms with Crippen LogP contribution >= 0.6 is 22.9 Å². The summed E-state index contributed by atoms with van der Waals surface area (Å²) in [5.41, 5.74) is 6.89. The Hall–Kier alpha value is -2.97. The Morgan fingerprint density at radius 3 is 2.89 bits per heavy atom. The molecule has 0 spiro atoms. The summed E-state index contributed by atoms with van der Waals surface area (Å²) in [5.74, 6) is -1.28. The van der Waals surface area contributed by atoms with Crippen LogP contribution in [0.5, 0.6) is 0 Å². The highest BCUT2D eigenvalue weighted by Crippen LogP contribution is 2.27. The van der Waals surface area contributed by atoms with Crippen molar-refractivity contribution in [3.8, 4) is 0 Å². The Kier molecular flexibility index (Phi) is 4.97. The van der Waals surface area contributed by atoms with E-state index in [0.29, 0.717) is 29.6 Å². The number of hydrogen-bond acceptors (Lipinski definition) is 6. The van der Waals surface area contributed by atoms with Crippen molar-refractivity contribution in [2.24, 2.45) is 0 Å². The Morgan fingerprint density at radius 1 is 1.29 bits per heavy atom. The first kappa shape index (κ1) is 18.4. The summed E-state index contributed by atoms with van der Waals surface area (Å²) in [6.07, 6.45) is 5.31. The summed E-state index contributed by atoms with van der Waals surface area (Å²) in [7, 11) is 0. The van der Waals surface area contributed by atoms with Gasteiger partial charge in [0.05, 0.1) is 18.6 Å². The first-order valence-corrected chi connectivity index (χ1v) is 9.67. The minimum Gasteiger partial charge on any atom is -0.481 e. The third-order valence-corrected chi connectivity index (χ3v) is 5.57. The summed E-state index contributed by atoms with van der Waals surface area (Å²) in [6, 6.07) is 9.20. The minimum atomic E-state index is -0.928. The fraction of sp³-hybridized carbons (Fsp3) is 0.158. The molecule has 0 saturated carbocycles. The predicted molar refractivity (Wildman–Crippen MR) is 109 cm³/mol. The van der Waals surface area contributed by atoms with E-state index in [1.165, 1.54) is 0 Å². The maximum absolute atomic E-state index is 11.8. The Balaban J connectivity index is 1.53. The molecule has 0 amide bonds. The molecule has 4 aromatic heterocycles. The highest BCUT2D eigenvalue weighted by molar-refractivity contribution is 7.18. The fourth-order valence-electron chi connectivity index (χ4n) is 2.96. The van der Waals surface area contributed by atoms with Gasteiger partial charge in [0.1, 0.15) is 21.7 Å². The normalized spacial score (nSPS) is 12.3. The van der Waals surface area contributed by atoms with E-state index in [0.717, 1.165) is 20.7 Å². The van der Waals surface area contributed by atoms with Gasteiger partial charge in [-0.1, -0.05) is 17.7 Å². The third-order valence-electron chi connectivity index (χ3n) is 4.33. The summed E-state index contributed by atoms with van der Waals surface area (Å²) >= 11 is 7.50. The monoisotopic (exact) mass is 413 g/mol. The molecule has 7 nitrogen and oxygen atoms in total. The van der Waals surface area contributed by atoms with Crippen LogP contribution in [0.15, 0.2) is 49.1 Å². The zero-order chi connectivity index (χ0) is 19.7. The number of anilines is 1. The number of nitrogens with two attached hydrogens (primary N) is 1. The van der Waals surface area contributed by atoms with Crippen LogP contribution in [0.4, 0.5) is 5.82 Å². The van der Waals surface area contributed by atoms with Crippen LogP contribution in [-0.4, -0.2) is 30.6 Å². The van der Waals surface area contributed by atoms with Gasteiger partial charge in [0.2, 0.25) is 0 Å². The second-order valence-electron chi connectivity index (χ2n) is 6.40. The van der Waals surface area contributed by atoms with Crippen molar-refractivity contribution >= 4 is 44.9 Å². The minimum absolute atomic E-state index is 0.297. The molecule has 0 radical (unpaired) electrons. The van der Waals surface area contributed by atoms with E-state index < -0.39 is 11.9 Å². The number of carboxylic acids is 1. The van der Waals surface area contributed by atoms with Gasteiger partial charge in [-0.05, 0) is 36.2 Å². The lowest BCUT2D eigenvalue weighted by atomic mass is 9.98. The molecule has 1 atom stereocenters. The van der Waals surface area contributed by atoms with Crippen molar-refractivity contribution in [3.05, 3.63) is 70.3 Å². The predicted octanol–water partition coefficient (Wildman–Crippen LogP) is 3.58. The summed E-state index contributed by atoms with van der Waals surface area (Å²) in [6.45, 7) is 0.585. The molecule has 0 aliphatic heterocycles. The number of nitrogen functional groups attached to an aromatic ring is 1. The molecular weight excluding hydrogens is 398 g/mol. The maximum Gasteiger partial charge on any atom is 0.312 e. The van der Waals surface area contributed by atoms with E-state index in [1.807, 2.05) is 10.6 Å². The molecule has 4 aromatic rings. The van der Waals surface area contributed by atoms with Crippen molar-refractivity contribution < 1.29 is 9.90 Å². The lowest BCUT2D eigenvalue weighted by Gasteiger charge is -2.09. The van der Waals surface area contributed by atoms with Gasteiger partial charge in [-0.3, -0.25) is 4.79 Å². The number of pyridine rings is 2. The summed E-state index contributed by atoms with van der Waals surface area (Å²) in [5, 5.41) is 11.1. The fourth-order valence-corrected chi connectivity index (χ4v) is 4.19. The lowest BCUT2D eigenvalue weighted by molar-refractivity contribution is -0.138. The van der Waals surface area contributed by atoms with Crippen molar-refractivity contribution in [3.63, 3.8) is 0 Å². The highest BCUT2D eigenvalue weighted by Gasteiger charge is 2.23. The molecular formula is C19H16ClN5O2S. The van der Waals surface area contributed by atoms with Crippen molar-refractivity contribution in [1.29, 1.82) is 0 Å². The van der Waals surface area contributed by atoms with Crippen LogP contribution in [0.25, 0.3) is 10.2 Å². The standard InChI is InChI=1S/C19H16ClN5O2S/c20-16-3-2-12-6-13(28-18(12)24-16)8-25-9-15(23-10-25)14(19(26)27)5-11-1-4-17(21)22-7-11/h1-4,6-7,9-10,14H,5,8H2,(H2,21,22)(H,26,27). The van der Waals surface area contributed by atoms with Crippen molar-refractivity contribution in [2.75, 3.05) is 5.73 Å². The first-order chi connectivity index (χ1) is 13.5. The topological polar surface area (TPSA) is 107 Å². The van der Waals surface area contributed by atoms with E-state index in [9.17, 15) is 9.90 Å². The van der Waals surface area contributed by atoms with E-state index in [-0.39, 0.29) is 0 Å². The first-order valence-electron chi connectivity index (χ1n) is 8.48. The van der Waals surface area contributed by atoms with Crippen LogP contribution < -0.4 is 5.73 Å². The average Bonchev–Trinajstić information content (AvgIpc) is 3.27. The SMILES string of the molecule is Nc1ccc(CC(C(=O)O)c2cn(Cc3cc4ccc(Cl)nc4s3)cn2)cn1. The molecule has 0 fully saturated rings. The molecule has 142 valence electrons. The number of hydrogen-bond donors (Lipinski definition) is 2. The van der Waals surface area contributed by atoms with Crippen LogP contribution in [0.2, 0.25) is 5.15 Å². The number of carboxylic acid groups (broad SMARTS) is 1. The van der Waals surface area contributed by atoms with E-state index >= 15 is 0 Å². The molecule has 0 saturated heterocycles. The van der Waals surface area contributed by atoms with Gasteiger partial charge in [0.15, 0.2) is 0 Å². The molecule has 4 heterocycles. The summed E-state index contributed by atoms with van der Waals surface area (Å²) < 4.78 is 1.87. The summed E-state index contributed by atoms with van der Waals surface area (Å²) in [4.78, 5) is 26.4. The van der Waals surface area contributed by atoms with Gasteiger partial charge >= 0.3 is 5.97 Å². The highest BCUT2D eigenvalue weighted by atomic mass is 35.5. The zero-order valence-electron chi connectivity index (χ0n) is 14.6. The molecule has 0 bridgehead atoms. The largest absolute Gasteiger partial charge is 0.481 e. The van der Waals surface area contributed by atoms with Gasteiger partial charge in [-0.25, -0.2) is 15.0 Å². The molecule has 0 aliphatic carbocycles. The molecule has 9 heteroatoms. The Morgan fingerprint density at radius 2 is 2.14 bits per heavy atom. The van der Waals surface area contributed by atoms with Crippen molar-refractivity contribution in [2.45, 2.75) is 18.9 Å². The number of halogens is 1. The van der Waals surface area contributed by atoms with Crippen LogP contribution in [0.3, 0.4) is 0 Å². The molecule has 28 heavy (non-hydrogen) atoms. The smallest absolute Gasteiger partial charge is 0.312 e. The zero-order valence-corrected chi connectivity index (χ0v) is 16.2. The number of aromatic nitrogens is 4. The van der Waals surface area contributed by atoms with Crippen LogP contribution in [0, 0.1) is 0 Å². The van der Waals surface area contributed by atoms with E-state index in [1.54, 1.807) is 48.3 Å².